The topological polar surface area (TPSA) is 83.5 Å². The van der Waals surface area contributed by atoms with Crippen molar-refractivity contribution in [2.75, 3.05) is 6.61 Å². The Hall–Kier alpha value is -2.02. The maximum absolute atomic E-state index is 12.2. The first-order chi connectivity index (χ1) is 10.0. The van der Waals surface area contributed by atoms with E-state index in [4.69, 9.17) is 0 Å². The summed E-state index contributed by atoms with van der Waals surface area (Å²) in [4.78, 5) is 12.2. The highest BCUT2D eigenvalue weighted by atomic mass is 32.2. The summed E-state index contributed by atoms with van der Waals surface area (Å²) in [5, 5.41) is 9.32. The molecule has 0 bridgehead atoms. The summed E-state index contributed by atoms with van der Waals surface area (Å²) in [5.41, 5.74) is 0.340. The third kappa shape index (κ3) is 3.75. The Kier molecular flexibility index (Phi) is 4.85. The van der Waals surface area contributed by atoms with Gasteiger partial charge in [0.1, 0.15) is 6.04 Å². The second-order valence-corrected chi connectivity index (χ2v) is 6.11. The summed E-state index contributed by atoms with van der Waals surface area (Å²) < 4.78 is 26.6. The smallest absolute Gasteiger partial charge is 0.241 e. The van der Waals surface area contributed by atoms with Crippen LogP contribution in [0.25, 0.3) is 0 Å². The fourth-order valence-electron chi connectivity index (χ4n) is 1.83. The Morgan fingerprint density at radius 1 is 1.00 bits per heavy atom. The van der Waals surface area contributed by atoms with E-state index in [9.17, 15) is 18.3 Å². The second kappa shape index (κ2) is 6.62. The van der Waals surface area contributed by atoms with Crippen molar-refractivity contribution in [3.8, 4) is 0 Å². The van der Waals surface area contributed by atoms with E-state index in [0.717, 1.165) is 0 Å². The van der Waals surface area contributed by atoms with Gasteiger partial charge in [-0.2, -0.15) is 4.72 Å². The van der Waals surface area contributed by atoms with E-state index in [2.05, 4.69) is 4.72 Å². The van der Waals surface area contributed by atoms with Gasteiger partial charge in [0.15, 0.2) is 5.78 Å². The van der Waals surface area contributed by atoms with Gasteiger partial charge in [-0.3, -0.25) is 4.79 Å². The summed E-state index contributed by atoms with van der Waals surface area (Å²) in [6.45, 7) is -0.611. The highest BCUT2D eigenvalue weighted by Crippen LogP contribution is 2.10. The van der Waals surface area contributed by atoms with Gasteiger partial charge in [0, 0.05) is 5.56 Å². The molecule has 0 spiro atoms. The van der Waals surface area contributed by atoms with Crippen LogP contribution in [-0.4, -0.2) is 32.0 Å². The van der Waals surface area contributed by atoms with Crippen LogP contribution in [0.15, 0.2) is 65.6 Å². The van der Waals surface area contributed by atoms with Crippen LogP contribution in [0.4, 0.5) is 0 Å². The molecule has 0 heterocycles. The van der Waals surface area contributed by atoms with Gasteiger partial charge < -0.3 is 5.11 Å². The Bertz CT molecular complexity index is 699. The van der Waals surface area contributed by atoms with Gasteiger partial charge in [-0.1, -0.05) is 48.5 Å². The Morgan fingerprint density at radius 2 is 1.52 bits per heavy atom. The summed E-state index contributed by atoms with van der Waals surface area (Å²) in [5.74, 6) is -0.474. The normalized spacial score (nSPS) is 12.8. The molecule has 0 radical (unpaired) electrons. The van der Waals surface area contributed by atoms with Crippen LogP contribution in [0.2, 0.25) is 0 Å². The summed E-state index contributed by atoms with van der Waals surface area (Å²) in [7, 11) is -3.86. The Morgan fingerprint density at radius 3 is 2.05 bits per heavy atom. The zero-order chi connectivity index (χ0) is 15.3. The van der Waals surface area contributed by atoms with Crippen molar-refractivity contribution >= 4 is 15.8 Å². The first-order valence-electron chi connectivity index (χ1n) is 6.32. The van der Waals surface area contributed by atoms with Gasteiger partial charge in [-0.25, -0.2) is 8.42 Å². The number of carbonyl (C=O) groups excluding carboxylic acids is 1. The number of rotatable bonds is 6. The molecule has 110 valence electrons. The van der Waals surface area contributed by atoms with Crippen LogP contribution < -0.4 is 4.72 Å². The van der Waals surface area contributed by atoms with Gasteiger partial charge in [0.2, 0.25) is 10.0 Å². The second-order valence-electron chi connectivity index (χ2n) is 4.40. The number of Topliss-reactive ketones (excluding diaryl/α,β-unsaturated/α-hetero) is 1. The van der Waals surface area contributed by atoms with Crippen LogP contribution in [0.3, 0.4) is 0 Å². The van der Waals surface area contributed by atoms with Gasteiger partial charge >= 0.3 is 0 Å². The monoisotopic (exact) mass is 305 g/mol. The first kappa shape index (κ1) is 15.4. The Labute approximate surface area is 123 Å². The SMILES string of the molecule is O=C(c1ccccc1)[C@H](CO)NS(=O)(=O)c1ccccc1. The van der Waals surface area contributed by atoms with Crippen molar-refractivity contribution in [3.63, 3.8) is 0 Å². The molecule has 21 heavy (non-hydrogen) atoms. The maximum Gasteiger partial charge on any atom is 0.241 e. The molecule has 0 amide bonds. The highest BCUT2D eigenvalue weighted by molar-refractivity contribution is 7.89. The third-order valence-electron chi connectivity index (χ3n) is 2.91. The first-order valence-corrected chi connectivity index (χ1v) is 7.80. The molecule has 6 heteroatoms. The number of aliphatic hydroxyl groups excluding tert-OH is 1. The van der Waals surface area contributed by atoms with Crippen molar-refractivity contribution < 1.29 is 18.3 Å². The molecule has 2 aromatic rings. The molecule has 2 aromatic carbocycles. The largest absolute Gasteiger partial charge is 0.394 e. The van der Waals surface area contributed by atoms with Crippen molar-refractivity contribution in [1.82, 2.24) is 4.72 Å². The fourth-order valence-corrected chi connectivity index (χ4v) is 3.04. The minimum Gasteiger partial charge on any atom is -0.394 e. The quantitative estimate of drug-likeness (QED) is 0.786. The van der Waals surface area contributed by atoms with E-state index in [0.29, 0.717) is 5.56 Å². The molecule has 5 nitrogen and oxygen atoms in total. The molecule has 0 aliphatic heterocycles. The third-order valence-corrected chi connectivity index (χ3v) is 4.40. The molecule has 0 aliphatic rings. The van der Waals surface area contributed by atoms with Crippen LogP contribution >= 0.6 is 0 Å². The van der Waals surface area contributed by atoms with Crippen LogP contribution in [0, 0.1) is 0 Å². The summed E-state index contributed by atoms with van der Waals surface area (Å²) in [6.07, 6.45) is 0. The van der Waals surface area contributed by atoms with Crippen molar-refractivity contribution in [1.29, 1.82) is 0 Å². The van der Waals surface area contributed by atoms with Crippen molar-refractivity contribution in [2.45, 2.75) is 10.9 Å². The Balaban J connectivity index is 2.22. The number of nitrogens with one attached hydrogen (secondary N) is 1. The molecule has 0 aliphatic carbocycles. The lowest BCUT2D eigenvalue weighted by Crippen LogP contribution is -2.43. The number of carbonyl (C=O) groups is 1. The molecule has 2 N–H and O–H groups in total. The van der Waals surface area contributed by atoms with Crippen LogP contribution in [0.1, 0.15) is 10.4 Å². The number of aliphatic hydroxyl groups is 1. The summed E-state index contributed by atoms with van der Waals surface area (Å²) >= 11 is 0. The molecule has 0 saturated heterocycles. The van der Waals surface area contributed by atoms with Crippen molar-refractivity contribution in [3.05, 3.63) is 66.2 Å². The van der Waals surface area contributed by atoms with Gasteiger partial charge in [-0.15, -0.1) is 0 Å². The van der Waals surface area contributed by atoms with Crippen molar-refractivity contribution in [2.24, 2.45) is 0 Å². The minimum atomic E-state index is -3.86. The summed E-state index contributed by atoms with van der Waals surface area (Å²) in [6, 6.07) is 14.7. The maximum atomic E-state index is 12.2. The lowest BCUT2D eigenvalue weighted by Gasteiger charge is -2.15. The average molecular weight is 305 g/mol. The van der Waals surface area contributed by atoms with E-state index in [-0.39, 0.29) is 4.90 Å². The number of sulfonamides is 1. The number of hydrogen-bond donors (Lipinski definition) is 2. The molecule has 0 fully saturated rings. The zero-order valence-corrected chi connectivity index (χ0v) is 12.0. The lowest BCUT2D eigenvalue weighted by molar-refractivity contribution is 0.0914. The molecule has 1 atom stereocenters. The average Bonchev–Trinajstić information content (AvgIpc) is 2.53. The van der Waals surface area contributed by atoms with Gasteiger partial charge in [-0.05, 0) is 12.1 Å². The zero-order valence-electron chi connectivity index (χ0n) is 11.1. The van der Waals surface area contributed by atoms with E-state index < -0.39 is 28.5 Å². The molecular weight excluding hydrogens is 290 g/mol. The van der Waals surface area contributed by atoms with Crippen LogP contribution in [-0.2, 0) is 10.0 Å². The molecule has 2 rings (SSSR count). The molecule has 0 saturated carbocycles. The number of hydrogen-bond acceptors (Lipinski definition) is 4. The number of ketones is 1. The minimum absolute atomic E-state index is 0.0457. The van der Waals surface area contributed by atoms with E-state index in [1.165, 1.54) is 12.1 Å². The van der Waals surface area contributed by atoms with E-state index in [1.807, 2.05) is 0 Å². The number of benzene rings is 2. The molecular formula is C15H15NO4S. The lowest BCUT2D eigenvalue weighted by atomic mass is 10.1. The van der Waals surface area contributed by atoms with E-state index in [1.54, 1.807) is 48.5 Å². The van der Waals surface area contributed by atoms with E-state index >= 15 is 0 Å². The van der Waals surface area contributed by atoms with Gasteiger partial charge in [0.25, 0.3) is 0 Å². The predicted molar refractivity (Wildman–Crippen MR) is 78.4 cm³/mol. The fraction of sp³-hybridized carbons (Fsp3) is 0.133. The molecule has 0 aromatic heterocycles. The van der Waals surface area contributed by atoms with Gasteiger partial charge in [0.05, 0.1) is 11.5 Å². The highest BCUT2D eigenvalue weighted by Gasteiger charge is 2.25. The molecule has 0 unspecified atom stereocenters. The van der Waals surface area contributed by atoms with Crippen LogP contribution in [0.5, 0.6) is 0 Å². The standard InChI is InChI=1S/C15H15NO4S/c17-11-14(15(18)12-7-3-1-4-8-12)16-21(19,20)13-9-5-2-6-10-13/h1-10,14,16-17H,11H2/t14-/m0/s1. The predicted octanol–water partition coefficient (Wildman–Crippen LogP) is 1.21.